The number of nitrogens with zero attached hydrogens (tertiary/aromatic N) is 2. The van der Waals surface area contributed by atoms with E-state index in [0.29, 0.717) is 5.82 Å². The lowest BCUT2D eigenvalue weighted by Gasteiger charge is -2.18. The molecule has 0 spiro atoms. The summed E-state index contributed by atoms with van der Waals surface area (Å²) in [5, 5.41) is 0. The molecular formula is C16H17BrN2O. The molecule has 1 aromatic carbocycles. The number of halogens is 1. The van der Waals surface area contributed by atoms with Crippen LogP contribution in [0.1, 0.15) is 27.0 Å². The van der Waals surface area contributed by atoms with Gasteiger partial charge in [0.25, 0.3) is 5.91 Å². The fraction of sp³-hybridized carbons (Fsp3) is 0.250. The van der Waals surface area contributed by atoms with Gasteiger partial charge in [0.15, 0.2) is 0 Å². The normalized spacial score (nSPS) is 10.4. The Morgan fingerprint density at radius 3 is 2.40 bits per heavy atom. The van der Waals surface area contributed by atoms with E-state index in [1.807, 2.05) is 38.1 Å². The number of anilines is 1. The summed E-state index contributed by atoms with van der Waals surface area (Å²) in [6.07, 6.45) is 1.69. The molecule has 104 valence electrons. The fourth-order valence-electron chi connectivity index (χ4n) is 2.04. The molecule has 0 aliphatic heterocycles. The Hall–Kier alpha value is -1.68. The molecule has 1 heterocycles. The van der Waals surface area contributed by atoms with Crippen LogP contribution in [-0.2, 0) is 0 Å². The lowest BCUT2D eigenvalue weighted by molar-refractivity contribution is 0.0991. The maximum atomic E-state index is 12.6. The van der Waals surface area contributed by atoms with Crippen LogP contribution in [0.25, 0.3) is 0 Å². The van der Waals surface area contributed by atoms with Crippen molar-refractivity contribution >= 4 is 27.7 Å². The fourth-order valence-corrected chi connectivity index (χ4v) is 2.27. The van der Waals surface area contributed by atoms with Crippen molar-refractivity contribution in [2.45, 2.75) is 20.8 Å². The Balaban J connectivity index is 2.36. The summed E-state index contributed by atoms with van der Waals surface area (Å²) < 4.78 is 0.893. The Bertz CT molecular complexity index is 650. The maximum absolute atomic E-state index is 12.6. The van der Waals surface area contributed by atoms with Crippen molar-refractivity contribution in [3.05, 3.63) is 57.2 Å². The van der Waals surface area contributed by atoms with Crippen LogP contribution in [0.5, 0.6) is 0 Å². The Labute approximate surface area is 127 Å². The van der Waals surface area contributed by atoms with Crippen molar-refractivity contribution in [3.8, 4) is 0 Å². The van der Waals surface area contributed by atoms with Gasteiger partial charge in [0.1, 0.15) is 5.82 Å². The van der Waals surface area contributed by atoms with Gasteiger partial charge in [-0.05, 0) is 71.6 Å². The number of carbonyl (C=O) groups excluding carboxylic acids is 1. The summed E-state index contributed by atoms with van der Waals surface area (Å²) in [5.74, 6) is 0.594. The highest BCUT2D eigenvalue weighted by molar-refractivity contribution is 9.10. The van der Waals surface area contributed by atoms with Gasteiger partial charge in [-0.15, -0.1) is 0 Å². The predicted octanol–water partition coefficient (Wildman–Crippen LogP) is 4.05. The van der Waals surface area contributed by atoms with E-state index in [2.05, 4.69) is 27.8 Å². The van der Waals surface area contributed by atoms with Crippen LogP contribution in [0.2, 0.25) is 0 Å². The van der Waals surface area contributed by atoms with Crippen LogP contribution >= 0.6 is 15.9 Å². The minimum absolute atomic E-state index is 0.0413. The number of aryl methyl sites for hydroxylation is 1. The Morgan fingerprint density at radius 1 is 1.10 bits per heavy atom. The average Bonchev–Trinajstić information content (AvgIpc) is 2.44. The number of pyridine rings is 1. The van der Waals surface area contributed by atoms with Crippen LogP contribution in [0, 0.1) is 20.8 Å². The molecule has 0 atom stereocenters. The molecule has 2 aromatic rings. The lowest BCUT2D eigenvalue weighted by atomic mass is 9.98. The number of carbonyl (C=O) groups is 1. The molecule has 0 radical (unpaired) electrons. The quantitative estimate of drug-likeness (QED) is 0.831. The van der Waals surface area contributed by atoms with Gasteiger partial charge in [-0.3, -0.25) is 9.69 Å². The summed E-state index contributed by atoms with van der Waals surface area (Å²) in [4.78, 5) is 18.4. The van der Waals surface area contributed by atoms with E-state index in [1.54, 1.807) is 18.1 Å². The summed E-state index contributed by atoms with van der Waals surface area (Å²) in [6.45, 7) is 6.08. The van der Waals surface area contributed by atoms with Crippen molar-refractivity contribution in [1.82, 2.24) is 4.98 Å². The molecule has 1 amide bonds. The van der Waals surface area contributed by atoms with E-state index in [4.69, 9.17) is 0 Å². The molecule has 1 aromatic heterocycles. The largest absolute Gasteiger partial charge is 0.296 e. The highest BCUT2D eigenvalue weighted by Crippen LogP contribution is 2.21. The molecule has 0 aliphatic rings. The Kier molecular flexibility index (Phi) is 4.23. The first-order chi connectivity index (χ1) is 9.41. The van der Waals surface area contributed by atoms with Gasteiger partial charge in [-0.1, -0.05) is 6.07 Å². The number of benzene rings is 1. The second-order valence-electron chi connectivity index (χ2n) is 4.88. The van der Waals surface area contributed by atoms with Crippen molar-refractivity contribution < 1.29 is 4.79 Å². The van der Waals surface area contributed by atoms with Crippen LogP contribution in [0.3, 0.4) is 0 Å². The van der Waals surface area contributed by atoms with E-state index in [1.165, 1.54) is 5.56 Å². The number of rotatable bonds is 2. The van der Waals surface area contributed by atoms with E-state index < -0.39 is 0 Å². The van der Waals surface area contributed by atoms with Crippen LogP contribution in [0.15, 0.2) is 34.9 Å². The number of hydrogen-bond donors (Lipinski definition) is 0. The highest BCUT2D eigenvalue weighted by Gasteiger charge is 2.17. The molecule has 0 saturated heterocycles. The minimum Gasteiger partial charge on any atom is -0.296 e. The van der Waals surface area contributed by atoms with E-state index >= 15 is 0 Å². The molecule has 0 aliphatic carbocycles. The zero-order valence-corrected chi connectivity index (χ0v) is 13.7. The molecule has 0 N–H and O–H groups in total. The van der Waals surface area contributed by atoms with Crippen LogP contribution in [0.4, 0.5) is 5.82 Å². The SMILES string of the molecule is Cc1ccc(C(=O)N(C)c2ccc(Br)cn2)c(C)c1C. The molecule has 0 fully saturated rings. The summed E-state index contributed by atoms with van der Waals surface area (Å²) >= 11 is 3.34. The van der Waals surface area contributed by atoms with Gasteiger partial charge in [0.2, 0.25) is 0 Å². The van der Waals surface area contributed by atoms with Crippen molar-refractivity contribution in [2.24, 2.45) is 0 Å². The standard InChI is InChI=1S/C16H17BrN2O/c1-10-5-7-14(12(3)11(10)2)16(20)19(4)15-8-6-13(17)9-18-15/h5-9H,1-4H3. The highest BCUT2D eigenvalue weighted by atomic mass is 79.9. The van der Waals surface area contributed by atoms with Crippen LogP contribution in [-0.4, -0.2) is 17.9 Å². The maximum Gasteiger partial charge on any atom is 0.259 e. The first-order valence-corrected chi connectivity index (χ1v) is 7.17. The molecule has 2 rings (SSSR count). The topological polar surface area (TPSA) is 33.2 Å². The van der Waals surface area contributed by atoms with E-state index in [9.17, 15) is 4.79 Å². The van der Waals surface area contributed by atoms with Crippen molar-refractivity contribution in [3.63, 3.8) is 0 Å². The number of hydrogen-bond acceptors (Lipinski definition) is 2. The van der Waals surface area contributed by atoms with Crippen molar-refractivity contribution in [2.75, 3.05) is 11.9 Å². The number of amides is 1. The summed E-state index contributed by atoms with van der Waals surface area (Å²) in [6, 6.07) is 7.56. The van der Waals surface area contributed by atoms with E-state index in [-0.39, 0.29) is 5.91 Å². The molecule has 3 nitrogen and oxygen atoms in total. The smallest absolute Gasteiger partial charge is 0.259 e. The van der Waals surface area contributed by atoms with Gasteiger partial charge < -0.3 is 0 Å². The van der Waals surface area contributed by atoms with Gasteiger partial charge in [0, 0.05) is 23.3 Å². The van der Waals surface area contributed by atoms with Gasteiger partial charge >= 0.3 is 0 Å². The zero-order chi connectivity index (χ0) is 14.9. The second-order valence-corrected chi connectivity index (χ2v) is 5.79. The summed E-state index contributed by atoms with van der Waals surface area (Å²) in [5.41, 5.74) is 4.11. The first-order valence-electron chi connectivity index (χ1n) is 6.38. The zero-order valence-electron chi connectivity index (χ0n) is 12.1. The third-order valence-electron chi connectivity index (χ3n) is 3.65. The molecule has 20 heavy (non-hydrogen) atoms. The first kappa shape index (κ1) is 14.7. The minimum atomic E-state index is -0.0413. The van der Waals surface area contributed by atoms with Crippen molar-refractivity contribution in [1.29, 1.82) is 0 Å². The third kappa shape index (κ3) is 2.75. The molecule has 0 unspecified atom stereocenters. The van der Waals surface area contributed by atoms with Gasteiger partial charge in [-0.2, -0.15) is 0 Å². The van der Waals surface area contributed by atoms with E-state index in [0.717, 1.165) is 21.2 Å². The number of aromatic nitrogens is 1. The average molecular weight is 333 g/mol. The monoisotopic (exact) mass is 332 g/mol. The van der Waals surface area contributed by atoms with Gasteiger partial charge in [0.05, 0.1) is 0 Å². The summed E-state index contributed by atoms with van der Waals surface area (Å²) in [7, 11) is 1.74. The third-order valence-corrected chi connectivity index (χ3v) is 4.12. The lowest BCUT2D eigenvalue weighted by Crippen LogP contribution is -2.28. The Morgan fingerprint density at radius 2 is 1.80 bits per heavy atom. The molecule has 0 saturated carbocycles. The second kappa shape index (κ2) is 5.75. The molecule has 0 bridgehead atoms. The van der Waals surface area contributed by atoms with Crippen LogP contribution < -0.4 is 4.90 Å². The van der Waals surface area contributed by atoms with Gasteiger partial charge in [-0.25, -0.2) is 4.98 Å². The predicted molar refractivity (Wildman–Crippen MR) is 85.3 cm³/mol. The molecule has 4 heteroatoms. The molecular weight excluding hydrogens is 316 g/mol.